The van der Waals surface area contributed by atoms with E-state index in [-0.39, 0.29) is 30.7 Å². The van der Waals surface area contributed by atoms with E-state index in [2.05, 4.69) is 5.32 Å². The summed E-state index contributed by atoms with van der Waals surface area (Å²) in [5, 5.41) is 2.96. The molecule has 25 heavy (non-hydrogen) atoms. The van der Waals surface area contributed by atoms with Crippen LogP contribution in [0.5, 0.6) is 0 Å². The van der Waals surface area contributed by atoms with Gasteiger partial charge in [-0.2, -0.15) is 0 Å². The lowest BCUT2D eigenvalue weighted by Crippen LogP contribution is -2.36. The van der Waals surface area contributed by atoms with Crippen molar-refractivity contribution in [2.75, 3.05) is 17.2 Å². The number of rotatable bonds is 5. The molecular weight excluding hydrogens is 332 g/mol. The third-order valence-electron chi connectivity index (χ3n) is 4.27. The summed E-state index contributed by atoms with van der Waals surface area (Å²) in [4.78, 5) is 27.7. The highest BCUT2D eigenvalue weighted by atomic mass is 32.2. The van der Waals surface area contributed by atoms with Gasteiger partial charge >= 0.3 is 0 Å². The Morgan fingerprint density at radius 2 is 1.80 bits per heavy atom. The predicted molar refractivity (Wildman–Crippen MR) is 102 cm³/mol. The molecule has 0 aromatic heterocycles. The number of carbonyl (C=O) groups excluding carboxylic acids is 2. The molecule has 1 aliphatic heterocycles. The number of nitrogens with zero attached hydrogens (tertiary/aromatic N) is 1. The number of carbonyl (C=O) groups is 2. The Bertz CT molecular complexity index is 748. The van der Waals surface area contributed by atoms with Crippen molar-refractivity contribution in [3.8, 4) is 0 Å². The maximum Gasteiger partial charge on any atom is 0.227 e. The molecule has 0 saturated carbocycles. The molecule has 0 bridgehead atoms. The van der Waals surface area contributed by atoms with Crippen LogP contribution in [0.25, 0.3) is 0 Å². The molecule has 2 aromatic rings. The maximum absolute atomic E-state index is 12.6. The number of nitrogens with one attached hydrogen (secondary N) is 1. The van der Waals surface area contributed by atoms with Gasteiger partial charge in [0.05, 0.1) is 11.7 Å². The summed E-state index contributed by atoms with van der Waals surface area (Å²) >= 11 is 1.77. The van der Waals surface area contributed by atoms with Crippen LogP contribution >= 0.6 is 11.8 Å². The van der Waals surface area contributed by atoms with Gasteiger partial charge in [0.2, 0.25) is 11.8 Å². The minimum absolute atomic E-state index is 0.00950. The highest BCUT2D eigenvalue weighted by molar-refractivity contribution is 7.99. The van der Waals surface area contributed by atoms with E-state index >= 15 is 0 Å². The second kappa shape index (κ2) is 8.21. The number of hydrogen-bond acceptors (Lipinski definition) is 3. The van der Waals surface area contributed by atoms with Crippen LogP contribution in [0.15, 0.2) is 59.5 Å². The van der Waals surface area contributed by atoms with Gasteiger partial charge in [-0.05, 0) is 24.6 Å². The molecular formula is C20H22N2O2S. The van der Waals surface area contributed by atoms with Gasteiger partial charge in [-0.3, -0.25) is 9.59 Å². The first-order valence-corrected chi connectivity index (χ1v) is 9.50. The minimum atomic E-state index is -0.0932. The molecule has 0 aliphatic carbocycles. The first-order valence-electron chi connectivity index (χ1n) is 8.51. The SMILES string of the molecule is C[C@@H](NC(=O)CCC(=O)N1CCSc2ccccc21)c1ccccc1. The molecule has 0 saturated heterocycles. The fourth-order valence-electron chi connectivity index (χ4n) is 2.92. The number of amides is 2. The van der Waals surface area contributed by atoms with E-state index in [9.17, 15) is 9.59 Å². The molecule has 1 atom stereocenters. The highest BCUT2D eigenvalue weighted by Crippen LogP contribution is 2.34. The van der Waals surface area contributed by atoms with Crippen LogP contribution < -0.4 is 10.2 Å². The van der Waals surface area contributed by atoms with E-state index in [1.807, 2.05) is 61.5 Å². The van der Waals surface area contributed by atoms with Gasteiger partial charge in [-0.25, -0.2) is 0 Å². The Kier molecular flexibility index (Phi) is 5.76. The van der Waals surface area contributed by atoms with Gasteiger partial charge in [0.25, 0.3) is 0 Å². The Balaban J connectivity index is 1.53. The average molecular weight is 354 g/mol. The molecule has 2 amide bonds. The van der Waals surface area contributed by atoms with Crippen molar-refractivity contribution in [1.82, 2.24) is 5.32 Å². The second-order valence-electron chi connectivity index (χ2n) is 6.06. The molecule has 4 nitrogen and oxygen atoms in total. The molecule has 5 heteroatoms. The Labute approximate surface area is 152 Å². The average Bonchev–Trinajstić information content (AvgIpc) is 2.66. The summed E-state index contributed by atoms with van der Waals surface area (Å²) in [6.45, 7) is 2.65. The molecule has 0 radical (unpaired) electrons. The van der Waals surface area contributed by atoms with E-state index in [0.717, 1.165) is 21.9 Å². The van der Waals surface area contributed by atoms with Gasteiger partial charge in [-0.15, -0.1) is 11.8 Å². The lowest BCUT2D eigenvalue weighted by atomic mass is 10.1. The summed E-state index contributed by atoms with van der Waals surface area (Å²) in [6, 6.07) is 17.7. The van der Waals surface area contributed by atoms with Crippen molar-refractivity contribution in [1.29, 1.82) is 0 Å². The molecule has 0 unspecified atom stereocenters. The van der Waals surface area contributed by atoms with E-state index in [0.29, 0.717) is 6.54 Å². The first-order chi connectivity index (χ1) is 12.1. The summed E-state index contributed by atoms with van der Waals surface area (Å²) in [6.07, 6.45) is 0.439. The number of anilines is 1. The normalized spacial score (nSPS) is 14.5. The smallest absolute Gasteiger partial charge is 0.227 e. The first kappa shape index (κ1) is 17.5. The standard InChI is InChI=1S/C20H22N2O2S/c1-15(16-7-3-2-4-8-16)21-19(23)11-12-20(24)22-13-14-25-18-10-6-5-9-17(18)22/h2-10,15H,11-14H2,1H3,(H,21,23)/t15-/m1/s1. The van der Waals surface area contributed by atoms with Gasteiger partial charge in [0.1, 0.15) is 0 Å². The van der Waals surface area contributed by atoms with Crippen molar-refractivity contribution in [2.24, 2.45) is 0 Å². The summed E-state index contributed by atoms with van der Waals surface area (Å²) in [7, 11) is 0. The zero-order valence-corrected chi connectivity index (χ0v) is 15.1. The Hall–Kier alpha value is -2.27. The van der Waals surface area contributed by atoms with Crippen LogP contribution in [0, 0.1) is 0 Å². The fraction of sp³-hybridized carbons (Fsp3) is 0.300. The number of thioether (sulfide) groups is 1. The van der Waals surface area contributed by atoms with Crippen LogP contribution in [0.4, 0.5) is 5.69 Å². The second-order valence-corrected chi connectivity index (χ2v) is 7.20. The Morgan fingerprint density at radius 3 is 2.60 bits per heavy atom. The minimum Gasteiger partial charge on any atom is -0.350 e. The monoisotopic (exact) mass is 354 g/mol. The van der Waals surface area contributed by atoms with Gasteiger partial charge < -0.3 is 10.2 Å². The van der Waals surface area contributed by atoms with Crippen LogP contribution in [0.1, 0.15) is 31.4 Å². The predicted octanol–water partition coefficient (Wildman–Crippen LogP) is 3.78. The topological polar surface area (TPSA) is 49.4 Å². The van der Waals surface area contributed by atoms with E-state index in [4.69, 9.17) is 0 Å². The van der Waals surface area contributed by atoms with Crippen molar-refractivity contribution in [3.05, 3.63) is 60.2 Å². The van der Waals surface area contributed by atoms with Crippen LogP contribution in [-0.4, -0.2) is 24.1 Å². The summed E-state index contributed by atoms with van der Waals surface area (Å²) in [5.74, 6) is 0.805. The van der Waals surface area contributed by atoms with Gasteiger partial charge in [-0.1, -0.05) is 42.5 Å². The molecule has 0 fully saturated rings. The van der Waals surface area contributed by atoms with Gasteiger partial charge in [0, 0.05) is 30.0 Å². The largest absolute Gasteiger partial charge is 0.350 e. The molecule has 1 aliphatic rings. The Morgan fingerprint density at radius 1 is 1.08 bits per heavy atom. The number of hydrogen-bond donors (Lipinski definition) is 1. The summed E-state index contributed by atoms with van der Waals surface area (Å²) in [5.41, 5.74) is 2.02. The zero-order chi connectivity index (χ0) is 17.6. The van der Waals surface area contributed by atoms with Crippen LogP contribution in [-0.2, 0) is 9.59 Å². The van der Waals surface area contributed by atoms with Crippen molar-refractivity contribution < 1.29 is 9.59 Å². The fourth-order valence-corrected chi connectivity index (χ4v) is 3.92. The lowest BCUT2D eigenvalue weighted by Gasteiger charge is -2.29. The van der Waals surface area contributed by atoms with E-state index in [1.54, 1.807) is 16.7 Å². The number of para-hydroxylation sites is 1. The van der Waals surface area contributed by atoms with Crippen LogP contribution in [0.3, 0.4) is 0 Å². The molecule has 130 valence electrons. The number of fused-ring (bicyclic) bond motifs is 1. The molecule has 2 aromatic carbocycles. The number of benzene rings is 2. The summed E-state index contributed by atoms with van der Waals surface area (Å²) < 4.78 is 0. The third-order valence-corrected chi connectivity index (χ3v) is 5.32. The molecule has 1 heterocycles. The van der Waals surface area contributed by atoms with Crippen molar-refractivity contribution >= 4 is 29.3 Å². The van der Waals surface area contributed by atoms with Crippen molar-refractivity contribution in [3.63, 3.8) is 0 Å². The molecule has 0 spiro atoms. The van der Waals surface area contributed by atoms with E-state index < -0.39 is 0 Å². The molecule has 3 rings (SSSR count). The van der Waals surface area contributed by atoms with Gasteiger partial charge in [0.15, 0.2) is 0 Å². The third kappa shape index (κ3) is 4.42. The zero-order valence-electron chi connectivity index (χ0n) is 14.3. The lowest BCUT2D eigenvalue weighted by molar-refractivity contribution is -0.125. The highest BCUT2D eigenvalue weighted by Gasteiger charge is 2.23. The van der Waals surface area contributed by atoms with Crippen LogP contribution in [0.2, 0.25) is 0 Å². The van der Waals surface area contributed by atoms with E-state index in [1.165, 1.54) is 0 Å². The maximum atomic E-state index is 12.6. The quantitative estimate of drug-likeness (QED) is 0.889. The van der Waals surface area contributed by atoms with Crippen molar-refractivity contribution in [2.45, 2.75) is 30.7 Å². The molecule has 1 N–H and O–H groups in total.